The Morgan fingerprint density at radius 2 is 1.74 bits per heavy atom. The first-order chi connectivity index (χ1) is 9.24. The summed E-state index contributed by atoms with van der Waals surface area (Å²) in [6, 6.07) is 15.9. The first-order valence-corrected chi connectivity index (χ1v) is 6.63. The van der Waals surface area contributed by atoms with Gasteiger partial charge < -0.3 is 9.84 Å². The minimum Gasteiger partial charge on any atom is -0.497 e. The van der Waals surface area contributed by atoms with Gasteiger partial charge in [-0.1, -0.05) is 43.3 Å². The molecule has 0 saturated carbocycles. The van der Waals surface area contributed by atoms with Crippen molar-refractivity contribution in [1.82, 2.24) is 0 Å². The molecule has 0 spiro atoms. The molecule has 2 heteroatoms. The second kappa shape index (κ2) is 6.39. The molecule has 0 bridgehead atoms. The van der Waals surface area contributed by atoms with E-state index in [1.807, 2.05) is 42.5 Å². The second-order valence-electron chi connectivity index (χ2n) is 4.62. The smallest absolute Gasteiger partial charge is 0.118 e. The van der Waals surface area contributed by atoms with Crippen LogP contribution in [-0.2, 0) is 12.8 Å². The van der Waals surface area contributed by atoms with E-state index in [-0.39, 0.29) is 0 Å². The SMILES string of the molecule is CCc1ccccc1C(O)Cc1ccc(OC)cc1. The highest BCUT2D eigenvalue weighted by Gasteiger charge is 2.11. The fourth-order valence-corrected chi connectivity index (χ4v) is 2.28. The Morgan fingerprint density at radius 1 is 1.05 bits per heavy atom. The van der Waals surface area contributed by atoms with Crippen LogP contribution >= 0.6 is 0 Å². The van der Waals surface area contributed by atoms with Gasteiger partial charge >= 0.3 is 0 Å². The Kier molecular flexibility index (Phi) is 4.58. The Labute approximate surface area is 114 Å². The van der Waals surface area contributed by atoms with E-state index in [9.17, 15) is 5.11 Å². The van der Waals surface area contributed by atoms with Gasteiger partial charge in [0, 0.05) is 6.42 Å². The van der Waals surface area contributed by atoms with Crippen molar-refractivity contribution in [3.63, 3.8) is 0 Å². The number of aliphatic hydroxyl groups is 1. The average Bonchev–Trinajstić information content (AvgIpc) is 2.48. The van der Waals surface area contributed by atoms with E-state index in [0.29, 0.717) is 6.42 Å². The van der Waals surface area contributed by atoms with Crippen LogP contribution < -0.4 is 4.74 Å². The minimum absolute atomic E-state index is 0.454. The molecule has 0 aromatic heterocycles. The zero-order valence-electron chi connectivity index (χ0n) is 11.5. The lowest BCUT2D eigenvalue weighted by Gasteiger charge is -2.15. The predicted octanol–water partition coefficient (Wildman–Crippen LogP) is 3.53. The van der Waals surface area contributed by atoms with Gasteiger partial charge in [-0.3, -0.25) is 0 Å². The Bertz CT molecular complexity index is 517. The largest absolute Gasteiger partial charge is 0.497 e. The van der Waals surface area contributed by atoms with Crippen molar-refractivity contribution in [1.29, 1.82) is 0 Å². The van der Waals surface area contributed by atoms with Crippen molar-refractivity contribution in [2.45, 2.75) is 25.9 Å². The number of hydrogen-bond acceptors (Lipinski definition) is 2. The molecule has 0 radical (unpaired) electrons. The van der Waals surface area contributed by atoms with Gasteiger partial charge in [-0.15, -0.1) is 0 Å². The standard InChI is InChI=1S/C17H20O2/c1-3-14-6-4-5-7-16(14)17(18)12-13-8-10-15(19-2)11-9-13/h4-11,17-18H,3,12H2,1-2H3. The van der Waals surface area contributed by atoms with E-state index in [4.69, 9.17) is 4.74 Å². The lowest BCUT2D eigenvalue weighted by molar-refractivity contribution is 0.177. The van der Waals surface area contributed by atoms with Gasteiger partial charge in [0.05, 0.1) is 13.2 Å². The second-order valence-corrected chi connectivity index (χ2v) is 4.62. The van der Waals surface area contributed by atoms with E-state index < -0.39 is 6.10 Å². The third-order valence-electron chi connectivity index (χ3n) is 3.38. The quantitative estimate of drug-likeness (QED) is 0.886. The van der Waals surface area contributed by atoms with Crippen LogP contribution in [0.25, 0.3) is 0 Å². The van der Waals surface area contributed by atoms with E-state index in [0.717, 1.165) is 23.3 Å². The lowest BCUT2D eigenvalue weighted by Crippen LogP contribution is -2.05. The Morgan fingerprint density at radius 3 is 2.37 bits per heavy atom. The number of benzene rings is 2. The molecule has 1 atom stereocenters. The summed E-state index contributed by atoms with van der Waals surface area (Å²) < 4.78 is 5.13. The zero-order chi connectivity index (χ0) is 13.7. The van der Waals surface area contributed by atoms with Crippen LogP contribution in [0.4, 0.5) is 0 Å². The third-order valence-corrected chi connectivity index (χ3v) is 3.38. The van der Waals surface area contributed by atoms with Crippen molar-refractivity contribution in [3.05, 3.63) is 65.2 Å². The summed E-state index contributed by atoms with van der Waals surface area (Å²) in [4.78, 5) is 0. The normalized spacial score (nSPS) is 12.2. The maximum Gasteiger partial charge on any atom is 0.118 e. The molecule has 2 aromatic carbocycles. The van der Waals surface area contributed by atoms with Crippen LogP contribution in [0, 0.1) is 0 Å². The highest BCUT2D eigenvalue weighted by molar-refractivity contribution is 5.32. The molecule has 0 aliphatic carbocycles. The first-order valence-electron chi connectivity index (χ1n) is 6.63. The van der Waals surface area contributed by atoms with Gasteiger partial charge in [0.2, 0.25) is 0 Å². The van der Waals surface area contributed by atoms with E-state index >= 15 is 0 Å². The van der Waals surface area contributed by atoms with E-state index in [2.05, 4.69) is 13.0 Å². The number of methoxy groups -OCH3 is 1. The Balaban J connectivity index is 2.13. The third kappa shape index (κ3) is 3.36. The minimum atomic E-state index is -0.454. The van der Waals surface area contributed by atoms with Gasteiger partial charge in [0.1, 0.15) is 5.75 Å². The van der Waals surface area contributed by atoms with Crippen molar-refractivity contribution in [2.24, 2.45) is 0 Å². The average molecular weight is 256 g/mol. The molecule has 1 N–H and O–H groups in total. The molecule has 0 amide bonds. The molecule has 2 nitrogen and oxygen atoms in total. The molecular weight excluding hydrogens is 236 g/mol. The summed E-state index contributed by atoms with van der Waals surface area (Å²) >= 11 is 0. The van der Waals surface area contributed by atoms with Crippen LogP contribution in [-0.4, -0.2) is 12.2 Å². The fraction of sp³-hybridized carbons (Fsp3) is 0.294. The molecule has 1 unspecified atom stereocenters. The Hall–Kier alpha value is -1.80. The number of aryl methyl sites for hydroxylation is 1. The molecular formula is C17H20O2. The number of aliphatic hydroxyl groups excluding tert-OH is 1. The van der Waals surface area contributed by atoms with Gasteiger partial charge in [0.25, 0.3) is 0 Å². The number of ether oxygens (including phenoxy) is 1. The molecule has 0 aliphatic rings. The van der Waals surface area contributed by atoms with Gasteiger partial charge in [-0.25, -0.2) is 0 Å². The zero-order valence-corrected chi connectivity index (χ0v) is 11.5. The predicted molar refractivity (Wildman–Crippen MR) is 77.5 cm³/mol. The highest BCUT2D eigenvalue weighted by atomic mass is 16.5. The molecule has 0 fully saturated rings. The number of rotatable bonds is 5. The maximum absolute atomic E-state index is 10.4. The summed E-state index contributed by atoms with van der Waals surface area (Å²) in [6.07, 6.45) is 1.11. The van der Waals surface area contributed by atoms with Crippen LogP contribution in [0.5, 0.6) is 5.75 Å². The van der Waals surface area contributed by atoms with Gasteiger partial charge in [0.15, 0.2) is 0 Å². The number of hydrogen-bond donors (Lipinski definition) is 1. The molecule has 0 heterocycles. The van der Waals surface area contributed by atoms with Gasteiger partial charge in [-0.2, -0.15) is 0 Å². The van der Waals surface area contributed by atoms with Crippen molar-refractivity contribution in [3.8, 4) is 5.75 Å². The topological polar surface area (TPSA) is 29.5 Å². The molecule has 0 saturated heterocycles. The summed E-state index contributed by atoms with van der Waals surface area (Å²) in [5.41, 5.74) is 3.35. The van der Waals surface area contributed by atoms with Crippen molar-refractivity contribution >= 4 is 0 Å². The van der Waals surface area contributed by atoms with E-state index in [1.165, 1.54) is 5.56 Å². The van der Waals surface area contributed by atoms with Crippen molar-refractivity contribution < 1.29 is 9.84 Å². The summed E-state index contributed by atoms with van der Waals surface area (Å²) in [5, 5.41) is 10.4. The van der Waals surface area contributed by atoms with Crippen LogP contribution in [0.1, 0.15) is 29.7 Å². The molecule has 0 aliphatic heterocycles. The van der Waals surface area contributed by atoms with Crippen LogP contribution in [0.15, 0.2) is 48.5 Å². The highest BCUT2D eigenvalue weighted by Crippen LogP contribution is 2.23. The van der Waals surface area contributed by atoms with Crippen LogP contribution in [0.2, 0.25) is 0 Å². The van der Waals surface area contributed by atoms with Crippen molar-refractivity contribution in [2.75, 3.05) is 7.11 Å². The van der Waals surface area contributed by atoms with Crippen LogP contribution in [0.3, 0.4) is 0 Å². The van der Waals surface area contributed by atoms with Gasteiger partial charge in [-0.05, 0) is 35.2 Å². The fourth-order valence-electron chi connectivity index (χ4n) is 2.28. The summed E-state index contributed by atoms with van der Waals surface area (Å²) in [5.74, 6) is 0.840. The summed E-state index contributed by atoms with van der Waals surface area (Å²) in [6.45, 7) is 2.11. The summed E-state index contributed by atoms with van der Waals surface area (Å²) in [7, 11) is 1.65. The maximum atomic E-state index is 10.4. The molecule has 100 valence electrons. The first kappa shape index (κ1) is 13.6. The monoisotopic (exact) mass is 256 g/mol. The molecule has 19 heavy (non-hydrogen) atoms. The molecule has 2 rings (SSSR count). The lowest BCUT2D eigenvalue weighted by atomic mass is 9.96. The van der Waals surface area contributed by atoms with E-state index in [1.54, 1.807) is 7.11 Å². The molecule has 2 aromatic rings.